The molecular weight excluding hydrogens is 284 g/mol. The molecule has 2 N–H and O–H groups in total. The van der Waals surface area contributed by atoms with E-state index in [4.69, 9.17) is 5.14 Å². The van der Waals surface area contributed by atoms with E-state index in [1.54, 1.807) is 18.2 Å². The SMILES string of the molecule is COC(=O)c1cccc(N2CC(S(N)(=O)=O)CC2=O)c1. The maximum atomic E-state index is 11.9. The van der Waals surface area contributed by atoms with Crippen LogP contribution in [0, 0.1) is 0 Å². The number of amides is 1. The Morgan fingerprint density at radius 2 is 2.15 bits per heavy atom. The van der Waals surface area contributed by atoms with E-state index in [0.29, 0.717) is 5.69 Å². The summed E-state index contributed by atoms with van der Waals surface area (Å²) in [6.07, 6.45) is -0.152. The molecule has 7 nitrogen and oxygen atoms in total. The molecule has 1 aromatic rings. The number of hydrogen-bond donors (Lipinski definition) is 1. The summed E-state index contributed by atoms with van der Waals surface area (Å²) < 4.78 is 27.2. The molecule has 1 aliphatic heterocycles. The summed E-state index contributed by atoms with van der Waals surface area (Å²) in [6.45, 7) is -0.0116. The number of carbonyl (C=O) groups excluding carboxylic acids is 2. The van der Waals surface area contributed by atoms with Gasteiger partial charge in [-0.15, -0.1) is 0 Å². The molecule has 1 fully saturated rings. The lowest BCUT2D eigenvalue weighted by Gasteiger charge is -2.16. The van der Waals surface area contributed by atoms with Gasteiger partial charge < -0.3 is 9.64 Å². The number of nitrogens with two attached hydrogens (primary N) is 1. The van der Waals surface area contributed by atoms with Gasteiger partial charge in [0.2, 0.25) is 15.9 Å². The number of carbonyl (C=O) groups is 2. The molecule has 8 heteroatoms. The van der Waals surface area contributed by atoms with E-state index in [9.17, 15) is 18.0 Å². The van der Waals surface area contributed by atoms with Crippen LogP contribution in [0.4, 0.5) is 5.69 Å². The second kappa shape index (κ2) is 5.22. The van der Waals surface area contributed by atoms with Crippen LogP contribution >= 0.6 is 0 Å². The van der Waals surface area contributed by atoms with Crippen molar-refractivity contribution in [2.45, 2.75) is 11.7 Å². The van der Waals surface area contributed by atoms with Gasteiger partial charge in [0.15, 0.2) is 0 Å². The van der Waals surface area contributed by atoms with Crippen LogP contribution in [-0.4, -0.2) is 39.2 Å². The topological polar surface area (TPSA) is 107 Å². The van der Waals surface area contributed by atoms with Gasteiger partial charge in [-0.1, -0.05) is 6.07 Å². The Bertz CT molecular complexity index is 656. The van der Waals surface area contributed by atoms with Crippen molar-refractivity contribution in [3.05, 3.63) is 29.8 Å². The Labute approximate surface area is 116 Å². The zero-order chi connectivity index (χ0) is 14.9. The third-order valence-corrected chi connectivity index (χ3v) is 4.38. The lowest BCUT2D eigenvalue weighted by atomic mass is 10.2. The van der Waals surface area contributed by atoms with Crippen molar-refractivity contribution in [3.8, 4) is 0 Å². The van der Waals surface area contributed by atoms with Gasteiger partial charge in [-0.05, 0) is 18.2 Å². The van der Waals surface area contributed by atoms with Crippen LogP contribution in [0.5, 0.6) is 0 Å². The molecule has 1 amide bonds. The van der Waals surface area contributed by atoms with Crippen LogP contribution in [0.15, 0.2) is 24.3 Å². The van der Waals surface area contributed by atoms with Crippen molar-refractivity contribution in [2.24, 2.45) is 5.14 Å². The summed E-state index contributed by atoms with van der Waals surface area (Å²) in [7, 11) is -2.50. The van der Waals surface area contributed by atoms with Crippen molar-refractivity contribution >= 4 is 27.6 Å². The fourth-order valence-corrected chi connectivity index (χ4v) is 2.79. The molecule has 0 spiro atoms. The predicted octanol–water partition coefficient (Wildman–Crippen LogP) is -0.133. The van der Waals surface area contributed by atoms with Crippen molar-refractivity contribution in [2.75, 3.05) is 18.6 Å². The minimum absolute atomic E-state index is 0.0116. The number of primary sulfonamides is 1. The molecule has 0 radical (unpaired) electrons. The number of anilines is 1. The molecular formula is C12H14N2O5S. The number of rotatable bonds is 3. The van der Waals surface area contributed by atoms with Gasteiger partial charge in [-0.3, -0.25) is 4.79 Å². The van der Waals surface area contributed by atoms with Crippen LogP contribution in [0.2, 0.25) is 0 Å². The molecule has 1 unspecified atom stereocenters. The molecule has 2 rings (SSSR count). The number of hydrogen-bond acceptors (Lipinski definition) is 5. The average molecular weight is 298 g/mol. The Balaban J connectivity index is 2.29. The highest BCUT2D eigenvalue weighted by atomic mass is 32.2. The normalized spacial score (nSPS) is 19.2. The molecule has 0 bridgehead atoms. The number of sulfonamides is 1. The molecule has 1 aromatic carbocycles. The number of ether oxygens (including phenoxy) is 1. The second-order valence-corrected chi connectivity index (χ2v) is 6.31. The van der Waals surface area contributed by atoms with E-state index in [1.165, 1.54) is 18.1 Å². The van der Waals surface area contributed by atoms with Crippen LogP contribution < -0.4 is 10.0 Å². The molecule has 20 heavy (non-hydrogen) atoms. The van der Waals surface area contributed by atoms with Crippen molar-refractivity contribution in [3.63, 3.8) is 0 Å². The van der Waals surface area contributed by atoms with Crippen molar-refractivity contribution in [1.29, 1.82) is 0 Å². The van der Waals surface area contributed by atoms with E-state index in [0.717, 1.165) is 0 Å². The minimum atomic E-state index is -3.76. The van der Waals surface area contributed by atoms with Crippen LogP contribution in [0.25, 0.3) is 0 Å². The third-order valence-electron chi connectivity index (χ3n) is 3.13. The van der Waals surface area contributed by atoms with Gasteiger partial charge in [0.1, 0.15) is 5.25 Å². The number of methoxy groups -OCH3 is 1. The van der Waals surface area contributed by atoms with E-state index >= 15 is 0 Å². The summed E-state index contributed by atoms with van der Waals surface area (Å²) in [6, 6.07) is 6.25. The predicted molar refractivity (Wildman–Crippen MR) is 71.6 cm³/mol. The Kier molecular flexibility index (Phi) is 3.78. The van der Waals surface area contributed by atoms with Gasteiger partial charge in [0.25, 0.3) is 0 Å². The van der Waals surface area contributed by atoms with Crippen LogP contribution in [0.1, 0.15) is 16.8 Å². The number of benzene rings is 1. The van der Waals surface area contributed by atoms with Gasteiger partial charge >= 0.3 is 5.97 Å². The summed E-state index contributed by atoms with van der Waals surface area (Å²) in [4.78, 5) is 24.6. The largest absolute Gasteiger partial charge is 0.465 e. The first-order valence-electron chi connectivity index (χ1n) is 5.83. The first-order chi connectivity index (χ1) is 9.32. The lowest BCUT2D eigenvalue weighted by molar-refractivity contribution is -0.117. The average Bonchev–Trinajstić information content (AvgIpc) is 2.80. The van der Waals surface area contributed by atoms with Gasteiger partial charge in [-0.25, -0.2) is 18.4 Å². The molecule has 1 aliphatic rings. The molecule has 1 saturated heterocycles. The standard InChI is InChI=1S/C12H14N2O5S/c1-19-12(16)8-3-2-4-9(5-8)14-7-10(6-11(14)15)20(13,17)18/h2-5,10H,6-7H2,1H3,(H2,13,17,18). The van der Waals surface area contributed by atoms with Crippen molar-refractivity contribution < 1.29 is 22.7 Å². The van der Waals surface area contributed by atoms with Gasteiger partial charge in [0.05, 0.1) is 12.7 Å². The Morgan fingerprint density at radius 3 is 2.70 bits per heavy atom. The van der Waals surface area contributed by atoms with E-state index in [2.05, 4.69) is 4.74 Å². The molecule has 0 aromatic heterocycles. The smallest absolute Gasteiger partial charge is 0.337 e. The third kappa shape index (κ3) is 2.81. The van der Waals surface area contributed by atoms with Crippen molar-refractivity contribution in [1.82, 2.24) is 0 Å². The fraction of sp³-hybridized carbons (Fsp3) is 0.333. The minimum Gasteiger partial charge on any atom is -0.465 e. The van der Waals surface area contributed by atoms with Crippen LogP contribution in [-0.2, 0) is 19.6 Å². The first-order valence-corrected chi connectivity index (χ1v) is 7.44. The molecule has 0 aliphatic carbocycles. The number of esters is 1. The van der Waals surface area contributed by atoms with E-state index in [-0.39, 0.29) is 24.4 Å². The quantitative estimate of drug-likeness (QED) is 0.782. The van der Waals surface area contributed by atoms with Gasteiger partial charge in [-0.2, -0.15) is 0 Å². The summed E-state index contributed by atoms with van der Waals surface area (Å²) in [5.41, 5.74) is 0.737. The number of nitrogens with zero attached hydrogens (tertiary/aromatic N) is 1. The van der Waals surface area contributed by atoms with E-state index in [1.807, 2.05) is 0 Å². The Morgan fingerprint density at radius 1 is 1.45 bits per heavy atom. The second-order valence-electron chi connectivity index (χ2n) is 4.46. The summed E-state index contributed by atoms with van der Waals surface area (Å²) in [5.74, 6) is -0.868. The highest BCUT2D eigenvalue weighted by Gasteiger charge is 2.37. The van der Waals surface area contributed by atoms with E-state index < -0.39 is 21.2 Å². The Hall–Kier alpha value is -1.93. The highest BCUT2D eigenvalue weighted by molar-refractivity contribution is 7.89. The summed E-state index contributed by atoms with van der Waals surface area (Å²) >= 11 is 0. The summed E-state index contributed by atoms with van der Waals surface area (Å²) in [5, 5.41) is 4.14. The lowest BCUT2D eigenvalue weighted by Crippen LogP contribution is -2.32. The maximum absolute atomic E-state index is 11.9. The van der Waals surface area contributed by atoms with Crippen LogP contribution in [0.3, 0.4) is 0 Å². The van der Waals surface area contributed by atoms with Gasteiger partial charge in [0, 0.05) is 18.7 Å². The fourth-order valence-electron chi connectivity index (χ4n) is 2.06. The molecule has 108 valence electrons. The zero-order valence-electron chi connectivity index (χ0n) is 10.8. The monoisotopic (exact) mass is 298 g/mol. The highest BCUT2D eigenvalue weighted by Crippen LogP contribution is 2.25. The molecule has 1 heterocycles. The molecule has 1 atom stereocenters. The molecule has 0 saturated carbocycles. The maximum Gasteiger partial charge on any atom is 0.337 e. The zero-order valence-corrected chi connectivity index (χ0v) is 11.6. The first kappa shape index (κ1) is 14.5.